The molecule has 0 atom stereocenters. The van der Waals surface area contributed by atoms with Gasteiger partial charge in [0.15, 0.2) is 0 Å². The molecule has 1 nitrogen and oxygen atoms in total. The van der Waals surface area contributed by atoms with E-state index in [1.165, 1.54) is 59.8 Å². The highest BCUT2D eigenvalue weighted by Gasteiger charge is 2.35. The van der Waals surface area contributed by atoms with Gasteiger partial charge < -0.3 is 0 Å². The first-order valence-corrected chi connectivity index (χ1v) is 11.2. The lowest BCUT2D eigenvalue weighted by molar-refractivity contribution is 1.43. The van der Waals surface area contributed by atoms with E-state index in [0.29, 0.717) is 0 Å². The van der Waals surface area contributed by atoms with Crippen LogP contribution in [0.15, 0.2) is 108 Å². The van der Waals surface area contributed by atoms with Gasteiger partial charge in [0, 0.05) is 12.6 Å². The van der Waals surface area contributed by atoms with E-state index in [1.807, 2.05) is 7.05 Å². The van der Waals surface area contributed by atoms with Crippen LogP contribution in [0.1, 0.15) is 11.1 Å². The standard InChI is InChI=1S/C30H20BN/c1-32-30-23-12-5-6-13-25(23)31(22-10-3-2-4-11-22)26-18-21-15-14-19-8-7-9-20-16-17-24(29(26)30)28(21)27(19)20/h2-18H,1H3/b32-30+. The molecule has 0 saturated carbocycles. The van der Waals surface area contributed by atoms with Crippen molar-refractivity contribution in [3.05, 3.63) is 114 Å². The second kappa shape index (κ2) is 6.54. The van der Waals surface area contributed by atoms with Crippen LogP contribution in [0.2, 0.25) is 0 Å². The zero-order valence-electron chi connectivity index (χ0n) is 17.8. The molecule has 0 unspecified atom stereocenters. The van der Waals surface area contributed by atoms with Gasteiger partial charge in [0.1, 0.15) is 0 Å². The van der Waals surface area contributed by atoms with Gasteiger partial charge in [-0.2, -0.15) is 0 Å². The monoisotopic (exact) mass is 405 g/mol. The molecule has 7 rings (SSSR count). The minimum absolute atomic E-state index is 0.190. The number of hydrogen-bond donors (Lipinski definition) is 0. The number of aliphatic imine (C=N–C) groups is 1. The van der Waals surface area contributed by atoms with Gasteiger partial charge in [-0.15, -0.1) is 0 Å². The molecule has 0 radical (unpaired) electrons. The molecule has 0 bridgehead atoms. The molecule has 0 fully saturated rings. The molecule has 0 aromatic heterocycles. The van der Waals surface area contributed by atoms with Gasteiger partial charge in [-0.05, 0) is 37.9 Å². The van der Waals surface area contributed by atoms with Crippen LogP contribution in [0, 0.1) is 0 Å². The Balaban J connectivity index is 1.69. The fraction of sp³-hybridized carbons (Fsp3) is 0.0333. The van der Waals surface area contributed by atoms with Gasteiger partial charge in [-0.25, -0.2) is 0 Å². The van der Waals surface area contributed by atoms with E-state index in [4.69, 9.17) is 4.99 Å². The maximum atomic E-state index is 4.86. The van der Waals surface area contributed by atoms with Crippen molar-refractivity contribution in [3.63, 3.8) is 0 Å². The number of benzene rings is 6. The maximum Gasteiger partial charge on any atom is 0.243 e. The Bertz CT molecular complexity index is 1660. The topological polar surface area (TPSA) is 12.4 Å². The van der Waals surface area contributed by atoms with E-state index >= 15 is 0 Å². The van der Waals surface area contributed by atoms with E-state index in [1.54, 1.807) is 0 Å². The summed E-state index contributed by atoms with van der Waals surface area (Å²) in [5.74, 6) is 0. The van der Waals surface area contributed by atoms with E-state index < -0.39 is 0 Å². The van der Waals surface area contributed by atoms with Crippen molar-refractivity contribution in [2.45, 2.75) is 0 Å². The van der Waals surface area contributed by atoms with Crippen molar-refractivity contribution in [1.29, 1.82) is 0 Å². The van der Waals surface area contributed by atoms with E-state index in [-0.39, 0.29) is 6.71 Å². The number of fused-ring (bicyclic) bond motifs is 3. The molecule has 0 N–H and O–H groups in total. The third kappa shape index (κ3) is 2.27. The highest BCUT2D eigenvalue weighted by atomic mass is 14.7. The predicted molar refractivity (Wildman–Crippen MR) is 139 cm³/mol. The molecule has 0 saturated heterocycles. The summed E-state index contributed by atoms with van der Waals surface area (Å²) in [6.45, 7) is 0.190. The maximum absolute atomic E-state index is 4.86. The SMILES string of the molecule is C/N=C1\c2ccccc2B(c2ccccc2)c2cc3ccc4cccc5ccc(c21)c3c45. The molecule has 148 valence electrons. The third-order valence-corrected chi connectivity index (χ3v) is 7.11. The summed E-state index contributed by atoms with van der Waals surface area (Å²) >= 11 is 0. The highest BCUT2D eigenvalue weighted by molar-refractivity contribution is 6.98. The lowest BCUT2D eigenvalue weighted by Gasteiger charge is -2.30. The lowest BCUT2D eigenvalue weighted by atomic mass is 9.33. The number of nitrogens with zero attached hydrogens (tertiary/aromatic N) is 1. The molecular weight excluding hydrogens is 385 g/mol. The first kappa shape index (κ1) is 17.7. The Labute approximate surface area is 187 Å². The van der Waals surface area contributed by atoms with E-state index in [9.17, 15) is 0 Å². The molecule has 1 heterocycles. The third-order valence-electron chi connectivity index (χ3n) is 7.11. The van der Waals surface area contributed by atoms with Crippen LogP contribution in [0.3, 0.4) is 0 Å². The van der Waals surface area contributed by atoms with Crippen LogP contribution in [-0.2, 0) is 0 Å². The number of rotatable bonds is 1. The molecule has 6 aromatic rings. The molecular formula is C30H20BN. The van der Waals surface area contributed by atoms with E-state index in [0.717, 1.165) is 5.71 Å². The van der Waals surface area contributed by atoms with Crippen LogP contribution < -0.4 is 16.4 Å². The van der Waals surface area contributed by atoms with Gasteiger partial charge in [0.25, 0.3) is 0 Å². The van der Waals surface area contributed by atoms with Crippen LogP contribution >= 0.6 is 0 Å². The van der Waals surface area contributed by atoms with Crippen LogP contribution in [0.4, 0.5) is 0 Å². The van der Waals surface area contributed by atoms with Gasteiger partial charge in [0.2, 0.25) is 6.71 Å². The Hall–Kier alpha value is -3.91. The fourth-order valence-electron chi connectivity index (χ4n) is 5.83. The van der Waals surface area contributed by atoms with Gasteiger partial charge in [-0.1, -0.05) is 120 Å². The van der Waals surface area contributed by atoms with Crippen molar-refractivity contribution in [3.8, 4) is 0 Å². The van der Waals surface area contributed by atoms with Crippen LogP contribution in [0.25, 0.3) is 32.3 Å². The Kier molecular flexibility index (Phi) is 3.63. The van der Waals surface area contributed by atoms with Crippen LogP contribution in [-0.4, -0.2) is 19.5 Å². The van der Waals surface area contributed by atoms with Crippen molar-refractivity contribution < 1.29 is 0 Å². The molecule has 0 aliphatic carbocycles. The summed E-state index contributed by atoms with van der Waals surface area (Å²) in [6.07, 6.45) is 0. The Morgan fingerprint density at radius 3 is 2.12 bits per heavy atom. The quantitative estimate of drug-likeness (QED) is 0.273. The molecule has 32 heavy (non-hydrogen) atoms. The normalized spacial score (nSPS) is 14.4. The predicted octanol–water partition coefficient (Wildman–Crippen LogP) is 4.88. The minimum atomic E-state index is 0.190. The molecule has 1 aliphatic rings. The van der Waals surface area contributed by atoms with Crippen LogP contribution in [0.5, 0.6) is 0 Å². The first-order valence-electron chi connectivity index (χ1n) is 11.2. The first-order chi connectivity index (χ1) is 15.8. The summed E-state index contributed by atoms with van der Waals surface area (Å²) in [4.78, 5) is 4.86. The smallest absolute Gasteiger partial charge is 0.243 e. The van der Waals surface area contributed by atoms with Crippen molar-refractivity contribution in [2.75, 3.05) is 7.05 Å². The Morgan fingerprint density at radius 1 is 0.594 bits per heavy atom. The second-order valence-corrected chi connectivity index (χ2v) is 8.70. The summed E-state index contributed by atoms with van der Waals surface area (Å²) in [7, 11) is 1.93. The average Bonchev–Trinajstić information content (AvgIpc) is 2.86. The zero-order valence-corrected chi connectivity index (χ0v) is 17.8. The molecule has 0 amide bonds. The number of hydrogen-bond acceptors (Lipinski definition) is 1. The summed E-state index contributed by atoms with van der Waals surface area (Å²) in [5.41, 5.74) is 7.63. The summed E-state index contributed by atoms with van der Waals surface area (Å²) in [5, 5.41) is 7.91. The zero-order chi connectivity index (χ0) is 21.2. The average molecular weight is 405 g/mol. The van der Waals surface area contributed by atoms with E-state index in [2.05, 4.69) is 103 Å². The largest absolute Gasteiger partial charge is 0.287 e. The van der Waals surface area contributed by atoms with Gasteiger partial charge in [0.05, 0.1) is 5.71 Å². The highest BCUT2D eigenvalue weighted by Crippen LogP contribution is 2.37. The molecule has 2 heteroatoms. The molecule has 6 aromatic carbocycles. The lowest BCUT2D eigenvalue weighted by Crippen LogP contribution is -2.58. The van der Waals surface area contributed by atoms with Crippen molar-refractivity contribution in [1.82, 2.24) is 0 Å². The molecule has 1 aliphatic heterocycles. The van der Waals surface area contributed by atoms with Gasteiger partial charge in [-0.3, -0.25) is 4.99 Å². The fourth-order valence-corrected chi connectivity index (χ4v) is 5.83. The summed E-state index contributed by atoms with van der Waals surface area (Å²) in [6, 6.07) is 37.8. The van der Waals surface area contributed by atoms with Gasteiger partial charge >= 0.3 is 0 Å². The van der Waals surface area contributed by atoms with Crippen molar-refractivity contribution in [2.24, 2.45) is 4.99 Å². The molecule has 0 spiro atoms. The summed E-state index contributed by atoms with van der Waals surface area (Å²) < 4.78 is 0. The second-order valence-electron chi connectivity index (χ2n) is 8.70. The minimum Gasteiger partial charge on any atom is -0.287 e. The Morgan fingerprint density at radius 2 is 1.31 bits per heavy atom. The van der Waals surface area contributed by atoms with Crippen molar-refractivity contribution >= 4 is 61.1 Å².